The Hall–Kier alpha value is -1.55. The van der Waals surface area contributed by atoms with Crippen molar-refractivity contribution in [1.29, 1.82) is 0 Å². The van der Waals surface area contributed by atoms with Crippen LogP contribution in [-0.2, 0) is 9.47 Å². The summed E-state index contributed by atoms with van der Waals surface area (Å²) < 4.78 is 10.1. The van der Waals surface area contributed by atoms with Gasteiger partial charge in [-0.3, -0.25) is 0 Å². The number of unbranched alkanes of at least 4 members (excludes halogenated alkanes) is 1. The lowest BCUT2D eigenvalue weighted by Crippen LogP contribution is -2.09. The van der Waals surface area contributed by atoms with Gasteiger partial charge in [0.05, 0.1) is 12.2 Å². The first-order valence-corrected chi connectivity index (χ1v) is 5.68. The molecule has 0 aliphatic carbocycles. The van der Waals surface area contributed by atoms with Gasteiger partial charge in [-0.1, -0.05) is 6.07 Å². The lowest BCUT2D eigenvalue weighted by molar-refractivity contribution is 0.0488. The van der Waals surface area contributed by atoms with Crippen LogP contribution in [0, 0.1) is 6.92 Å². The van der Waals surface area contributed by atoms with Crippen LogP contribution in [-0.4, -0.2) is 26.3 Å². The zero-order valence-electron chi connectivity index (χ0n) is 10.4. The SMILES string of the molecule is COCCCCOC(=O)c1cccc(N)c1C. The van der Waals surface area contributed by atoms with Crippen molar-refractivity contribution in [3.05, 3.63) is 29.3 Å². The number of rotatable bonds is 6. The molecule has 0 saturated heterocycles. The molecule has 0 fully saturated rings. The molecule has 0 unspecified atom stereocenters. The third-order valence-corrected chi connectivity index (χ3v) is 2.57. The third kappa shape index (κ3) is 4.07. The van der Waals surface area contributed by atoms with E-state index in [-0.39, 0.29) is 5.97 Å². The van der Waals surface area contributed by atoms with Crippen LogP contribution in [0.2, 0.25) is 0 Å². The Labute approximate surface area is 102 Å². The molecule has 0 bridgehead atoms. The van der Waals surface area contributed by atoms with Crippen molar-refractivity contribution in [2.75, 3.05) is 26.1 Å². The molecule has 4 heteroatoms. The van der Waals surface area contributed by atoms with Gasteiger partial charge >= 0.3 is 5.97 Å². The van der Waals surface area contributed by atoms with E-state index < -0.39 is 0 Å². The fourth-order valence-corrected chi connectivity index (χ4v) is 1.47. The van der Waals surface area contributed by atoms with E-state index in [1.165, 1.54) is 0 Å². The van der Waals surface area contributed by atoms with E-state index in [9.17, 15) is 4.79 Å². The van der Waals surface area contributed by atoms with E-state index in [4.69, 9.17) is 15.2 Å². The fraction of sp³-hybridized carbons (Fsp3) is 0.462. The molecular weight excluding hydrogens is 218 g/mol. The molecule has 17 heavy (non-hydrogen) atoms. The van der Waals surface area contributed by atoms with Crippen molar-refractivity contribution in [2.24, 2.45) is 0 Å². The molecule has 4 nitrogen and oxygen atoms in total. The number of hydrogen-bond donors (Lipinski definition) is 1. The van der Waals surface area contributed by atoms with Crippen LogP contribution in [0.3, 0.4) is 0 Å². The van der Waals surface area contributed by atoms with Crippen LogP contribution in [0.5, 0.6) is 0 Å². The molecular formula is C13H19NO3. The van der Waals surface area contributed by atoms with Crippen molar-refractivity contribution in [2.45, 2.75) is 19.8 Å². The number of nitrogen functional groups attached to an aromatic ring is 1. The molecule has 1 rings (SSSR count). The predicted octanol–water partition coefficient (Wildman–Crippen LogP) is 2.16. The number of esters is 1. The van der Waals surface area contributed by atoms with Crippen molar-refractivity contribution in [3.63, 3.8) is 0 Å². The highest BCUT2D eigenvalue weighted by molar-refractivity contribution is 5.92. The highest BCUT2D eigenvalue weighted by atomic mass is 16.5. The summed E-state index contributed by atoms with van der Waals surface area (Å²) in [5.74, 6) is -0.313. The molecule has 0 aromatic heterocycles. The van der Waals surface area contributed by atoms with Gasteiger partial charge in [0.1, 0.15) is 0 Å². The van der Waals surface area contributed by atoms with Gasteiger partial charge in [0.2, 0.25) is 0 Å². The molecule has 0 heterocycles. The molecule has 0 atom stereocenters. The summed E-state index contributed by atoms with van der Waals surface area (Å²) in [5, 5.41) is 0. The Kier molecular flexibility index (Phi) is 5.49. The highest BCUT2D eigenvalue weighted by Crippen LogP contribution is 2.16. The molecule has 1 aromatic rings. The van der Waals surface area contributed by atoms with E-state index in [2.05, 4.69) is 0 Å². The topological polar surface area (TPSA) is 61.5 Å². The summed E-state index contributed by atoms with van der Waals surface area (Å²) in [6.45, 7) is 2.92. The number of methoxy groups -OCH3 is 1. The van der Waals surface area contributed by atoms with Crippen molar-refractivity contribution in [3.8, 4) is 0 Å². The van der Waals surface area contributed by atoms with E-state index in [1.807, 2.05) is 6.92 Å². The van der Waals surface area contributed by atoms with Gasteiger partial charge in [0, 0.05) is 19.4 Å². The van der Waals surface area contributed by atoms with Crippen LogP contribution in [0.4, 0.5) is 5.69 Å². The number of anilines is 1. The number of benzene rings is 1. The maximum Gasteiger partial charge on any atom is 0.338 e. The summed E-state index contributed by atoms with van der Waals surface area (Å²) in [7, 11) is 1.65. The molecule has 0 aliphatic heterocycles. The average Bonchev–Trinajstić information content (AvgIpc) is 2.32. The number of nitrogens with two attached hydrogens (primary N) is 1. The Bertz CT molecular complexity index is 377. The molecule has 0 spiro atoms. The minimum atomic E-state index is -0.313. The zero-order valence-corrected chi connectivity index (χ0v) is 10.4. The first-order valence-electron chi connectivity index (χ1n) is 5.68. The van der Waals surface area contributed by atoms with Gasteiger partial charge in [-0.25, -0.2) is 4.79 Å². The van der Waals surface area contributed by atoms with Gasteiger partial charge in [-0.15, -0.1) is 0 Å². The minimum absolute atomic E-state index is 0.313. The Balaban J connectivity index is 2.44. The molecule has 2 N–H and O–H groups in total. The van der Waals surface area contributed by atoms with Gasteiger partial charge in [0.15, 0.2) is 0 Å². The smallest absolute Gasteiger partial charge is 0.338 e. The van der Waals surface area contributed by atoms with E-state index in [0.29, 0.717) is 24.5 Å². The second-order valence-corrected chi connectivity index (χ2v) is 3.86. The quantitative estimate of drug-likeness (QED) is 0.468. The van der Waals surface area contributed by atoms with E-state index in [1.54, 1.807) is 25.3 Å². The summed E-state index contributed by atoms with van der Waals surface area (Å²) in [6, 6.07) is 5.25. The largest absolute Gasteiger partial charge is 0.462 e. The Morgan fingerprint density at radius 3 is 2.71 bits per heavy atom. The second-order valence-electron chi connectivity index (χ2n) is 3.86. The minimum Gasteiger partial charge on any atom is -0.462 e. The molecule has 1 aromatic carbocycles. The molecule has 0 radical (unpaired) electrons. The molecule has 94 valence electrons. The maximum atomic E-state index is 11.7. The van der Waals surface area contributed by atoms with Gasteiger partial charge in [-0.05, 0) is 37.5 Å². The second kappa shape index (κ2) is 6.91. The van der Waals surface area contributed by atoms with Crippen molar-refractivity contribution < 1.29 is 14.3 Å². The van der Waals surface area contributed by atoms with Crippen LogP contribution in [0.1, 0.15) is 28.8 Å². The number of carbonyl (C=O) groups is 1. The van der Waals surface area contributed by atoms with Gasteiger partial charge < -0.3 is 15.2 Å². The molecule has 0 saturated carbocycles. The number of carbonyl (C=O) groups excluding carboxylic acids is 1. The molecule has 0 amide bonds. The molecule has 0 aliphatic rings. The van der Waals surface area contributed by atoms with Crippen molar-refractivity contribution >= 4 is 11.7 Å². The number of ether oxygens (including phenoxy) is 2. The summed E-state index contributed by atoms with van der Waals surface area (Å²) in [6.07, 6.45) is 1.70. The standard InChI is InChI=1S/C13H19NO3/c1-10-11(6-5-7-12(10)14)13(15)17-9-4-3-8-16-2/h5-7H,3-4,8-9,14H2,1-2H3. The van der Waals surface area contributed by atoms with E-state index in [0.717, 1.165) is 18.4 Å². The highest BCUT2D eigenvalue weighted by Gasteiger charge is 2.11. The van der Waals surface area contributed by atoms with Crippen LogP contribution >= 0.6 is 0 Å². The Morgan fingerprint density at radius 1 is 1.29 bits per heavy atom. The summed E-state index contributed by atoms with van der Waals surface area (Å²) in [5.41, 5.74) is 7.65. The Morgan fingerprint density at radius 2 is 2.00 bits per heavy atom. The van der Waals surface area contributed by atoms with Crippen molar-refractivity contribution in [1.82, 2.24) is 0 Å². The normalized spacial score (nSPS) is 10.2. The van der Waals surface area contributed by atoms with Gasteiger partial charge in [0.25, 0.3) is 0 Å². The van der Waals surface area contributed by atoms with Gasteiger partial charge in [-0.2, -0.15) is 0 Å². The monoisotopic (exact) mass is 237 g/mol. The third-order valence-electron chi connectivity index (χ3n) is 2.57. The van der Waals surface area contributed by atoms with Crippen LogP contribution < -0.4 is 5.73 Å². The number of hydrogen-bond acceptors (Lipinski definition) is 4. The van der Waals surface area contributed by atoms with Crippen LogP contribution in [0.25, 0.3) is 0 Å². The first-order chi connectivity index (χ1) is 8.16. The summed E-state index contributed by atoms with van der Waals surface area (Å²) in [4.78, 5) is 11.7. The lowest BCUT2D eigenvalue weighted by atomic mass is 10.1. The average molecular weight is 237 g/mol. The van der Waals surface area contributed by atoms with Crippen LogP contribution in [0.15, 0.2) is 18.2 Å². The zero-order chi connectivity index (χ0) is 12.7. The van der Waals surface area contributed by atoms with E-state index >= 15 is 0 Å². The summed E-state index contributed by atoms with van der Waals surface area (Å²) >= 11 is 0. The predicted molar refractivity (Wildman–Crippen MR) is 67.0 cm³/mol. The lowest BCUT2D eigenvalue weighted by Gasteiger charge is -2.08. The maximum absolute atomic E-state index is 11.7. The first kappa shape index (κ1) is 13.5. The fourth-order valence-electron chi connectivity index (χ4n) is 1.47.